The van der Waals surface area contributed by atoms with Crippen molar-refractivity contribution >= 4 is 40.6 Å². The molecular weight excluding hydrogens is 492 g/mol. The quantitative estimate of drug-likeness (QED) is 0.596. The van der Waals surface area contributed by atoms with Gasteiger partial charge in [-0.25, -0.2) is 14.6 Å². The number of nitrogens with one attached hydrogen (secondary N) is 1. The van der Waals surface area contributed by atoms with Gasteiger partial charge in [0.05, 0.1) is 18.7 Å². The second-order valence-corrected chi connectivity index (χ2v) is 9.78. The molecule has 0 unspecified atom stereocenters. The predicted octanol–water partition coefficient (Wildman–Crippen LogP) is 2.85. The lowest BCUT2D eigenvalue weighted by Crippen LogP contribution is -2.51. The highest BCUT2D eigenvalue weighted by molar-refractivity contribution is 7.13. The van der Waals surface area contributed by atoms with E-state index in [1.807, 2.05) is 28.5 Å². The van der Waals surface area contributed by atoms with Crippen molar-refractivity contribution in [2.75, 3.05) is 70.8 Å². The van der Waals surface area contributed by atoms with Crippen LogP contribution in [0.25, 0.3) is 6.08 Å². The van der Waals surface area contributed by atoms with Gasteiger partial charge in [-0.05, 0) is 12.5 Å². The third-order valence-corrected chi connectivity index (χ3v) is 7.20. The number of piperazine rings is 2. The Labute approximate surface area is 221 Å². The summed E-state index contributed by atoms with van der Waals surface area (Å²) in [5, 5.41) is 5.10. The molecule has 10 nitrogen and oxygen atoms in total. The number of hydrogen-bond donors (Lipinski definition) is 1. The number of amides is 4. The maximum Gasteiger partial charge on any atom is 0.409 e. The van der Waals surface area contributed by atoms with Crippen molar-refractivity contribution in [3.05, 3.63) is 53.0 Å². The van der Waals surface area contributed by atoms with Crippen LogP contribution in [0, 0.1) is 0 Å². The molecule has 1 N–H and O–H groups in total. The Morgan fingerprint density at radius 3 is 2.35 bits per heavy atom. The van der Waals surface area contributed by atoms with E-state index in [0.29, 0.717) is 56.7 Å². The Balaban J connectivity index is 1.16. The third-order valence-electron chi connectivity index (χ3n) is 6.39. The average molecular weight is 527 g/mol. The smallest absolute Gasteiger partial charge is 0.409 e. The van der Waals surface area contributed by atoms with Crippen molar-refractivity contribution in [1.29, 1.82) is 0 Å². The maximum absolute atomic E-state index is 12.8. The highest BCUT2D eigenvalue weighted by atomic mass is 32.1. The average Bonchev–Trinajstić information content (AvgIpc) is 3.36. The zero-order valence-electron chi connectivity index (χ0n) is 21.2. The molecule has 0 spiro atoms. The van der Waals surface area contributed by atoms with E-state index in [0.717, 1.165) is 19.6 Å². The second-order valence-electron chi connectivity index (χ2n) is 8.92. The van der Waals surface area contributed by atoms with Gasteiger partial charge in [0.2, 0.25) is 5.91 Å². The summed E-state index contributed by atoms with van der Waals surface area (Å²) in [4.78, 5) is 49.1. The molecule has 4 rings (SSSR count). The summed E-state index contributed by atoms with van der Waals surface area (Å²) < 4.78 is 5.01. The molecule has 1 aromatic heterocycles. The molecule has 1 aromatic carbocycles. The molecule has 4 amide bonds. The lowest BCUT2D eigenvalue weighted by Gasteiger charge is -2.34. The monoisotopic (exact) mass is 526 g/mol. The van der Waals surface area contributed by atoms with Crippen LogP contribution < -0.4 is 5.32 Å². The Kier molecular flexibility index (Phi) is 9.50. The summed E-state index contributed by atoms with van der Waals surface area (Å²) in [6.07, 6.45) is 4.16. The molecule has 3 heterocycles. The molecular formula is C26H34N6O4S. The first-order chi connectivity index (χ1) is 18.0. The van der Waals surface area contributed by atoms with E-state index >= 15 is 0 Å². The fourth-order valence-corrected chi connectivity index (χ4v) is 4.97. The summed E-state index contributed by atoms with van der Waals surface area (Å²) in [7, 11) is 0. The zero-order chi connectivity index (χ0) is 26.0. The fraction of sp³-hybridized carbons (Fsp3) is 0.462. The van der Waals surface area contributed by atoms with E-state index < -0.39 is 0 Å². The van der Waals surface area contributed by atoms with Gasteiger partial charge in [-0.2, -0.15) is 0 Å². The van der Waals surface area contributed by atoms with Crippen LogP contribution in [-0.2, 0) is 16.0 Å². The zero-order valence-corrected chi connectivity index (χ0v) is 22.0. The fourth-order valence-electron chi connectivity index (χ4n) is 4.27. The molecule has 2 aliphatic heterocycles. The Morgan fingerprint density at radius 1 is 0.973 bits per heavy atom. The van der Waals surface area contributed by atoms with Gasteiger partial charge in [-0.3, -0.25) is 15.0 Å². The molecule has 0 bridgehead atoms. The first-order valence-corrected chi connectivity index (χ1v) is 13.5. The van der Waals surface area contributed by atoms with E-state index in [9.17, 15) is 14.4 Å². The Hall–Kier alpha value is -3.44. The minimum absolute atomic E-state index is 0.0535. The number of aromatic nitrogens is 1. The summed E-state index contributed by atoms with van der Waals surface area (Å²) in [5.74, 6) is 0.0535. The molecule has 2 aromatic rings. The lowest BCUT2D eigenvalue weighted by molar-refractivity contribution is -0.132. The number of rotatable bonds is 7. The summed E-state index contributed by atoms with van der Waals surface area (Å²) in [5.41, 5.74) is 1.84. The lowest BCUT2D eigenvalue weighted by atomic mass is 10.2. The van der Waals surface area contributed by atoms with Gasteiger partial charge in [0, 0.05) is 64.3 Å². The molecule has 37 heavy (non-hydrogen) atoms. The van der Waals surface area contributed by atoms with E-state index in [1.54, 1.807) is 16.7 Å². The Bertz CT molecular complexity index is 1080. The van der Waals surface area contributed by atoms with Crippen LogP contribution >= 0.6 is 11.3 Å². The number of carbonyl (C=O) groups excluding carboxylic acids is 3. The summed E-state index contributed by atoms with van der Waals surface area (Å²) in [6.45, 7) is 7.75. The van der Waals surface area contributed by atoms with Crippen molar-refractivity contribution in [2.24, 2.45) is 0 Å². The van der Waals surface area contributed by atoms with Crippen LogP contribution in [0.1, 0.15) is 18.2 Å². The number of carbonyl (C=O) groups is 3. The highest BCUT2D eigenvalue weighted by Crippen LogP contribution is 2.18. The minimum Gasteiger partial charge on any atom is -0.450 e. The molecule has 0 aliphatic carbocycles. The number of thiazole rings is 1. The number of benzene rings is 1. The van der Waals surface area contributed by atoms with Gasteiger partial charge in [-0.1, -0.05) is 42.5 Å². The van der Waals surface area contributed by atoms with Gasteiger partial charge >= 0.3 is 12.1 Å². The first kappa shape index (κ1) is 26.6. The van der Waals surface area contributed by atoms with Crippen LogP contribution in [0.2, 0.25) is 0 Å². The van der Waals surface area contributed by atoms with Gasteiger partial charge < -0.3 is 19.4 Å². The molecule has 2 fully saturated rings. The first-order valence-electron chi connectivity index (χ1n) is 12.7. The number of ether oxygens (including phenoxy) is 1. The molecule has 11 heteroatoms. The normalized spacial score (nSPS) is 16.7. The minimum atomic E-state index is -0.349. The van der Waals surface area contributed by atoms with Crippen LogP contribution in [0.3, 0.4) is 0 Å². The molecule has 2 saturated heterocycles. The molecule has 0 atom stereocenters. The van der Waals surface area contributed by atoms with Crippen molar-refractivity contribution in [3.8, 4) is 0 Å². The summed E-state index contributed by atoms with van der Waals surface area (Å²) >= 11 is 1.31. The van der Waals surface area contributed by atoms with E-state index in [-0.39, 0.29) is 24.5 Å². The number of anilines is 1. The predicted molar refractivity (Wildman–Crippen MR) is 144 cm³/mol. The summed E-state index contributed by atoms with van der Waals surface area (Å²) in [6, 6.07) is 9.97. The maximum atomic E-state index is 12.8. The SMILES string of the molecule is CCOC(=O)N1CCN(C(=O)Nc2nc(CC(=O)N3CCN(C/C=C/c4ccccc4)CC3)cs2)CC1. The van der Waals surface area contributed by atoms with Crippen molar-refractivity contribution < 1.29 is 19.1 Å². The van der Waals surface area contributed by atoms with Gasteiger partial charge in [-0.15, -0.1) is 11.3 Å². The van der Waals surface area contributed by atoms with E-state index in [4.69, 9.17) is 4.74 Å². The van der Waals surface area contributed by atoms with Crippen molar-refractivity contribution in [1.82, 2.24) is 24.6 Å². The van der Waals surface area contributed by atoms with Crippen LogP contribution in [-0.4, -0.2) is 108 Å². The molecule has 198 valence electrons. The second kappa shape index (κ2) is 13.2. The van der Waals surface area contributed by atoms with Crippen LogP contribution in [0.5, 0.6) is 0 Å². The van der Waals surface area contributed by atoms with Gasteiger partial charge in [0.15, 0.2) is 5.13 Å². The highest BCUT2D eigenvalue weighted by Gasteiger charge is 2.26. The van der Waals surface area contributed by atoms with Crippen molar-refractivity contribution in [2.45, 2.75) is 13.3 Å². The van der Waals surface area contributed by atoms with Crippen LogP contribution in [0.4, 0.5) is 14.7 Å². The number of urea groups is 1. The van der Waals surface area contributed by atoms with Gasteiger partial charge in [0.25, 0.3) is 0 Å². The molecule has 2 aliphatic rings. The van der Waals surface area contributed by atoms with Crippen molar-refractivity contribution in [3.63, 3.8) is 0 Å². The third kappa shape index (κ3) is 7.77. The van der Waals surface area contributed by atoms with E-state index in [1.165, 1.54) is 16.9 Å². The van der Waals surface area contributed by atoms with E-state index in [2.05, 4.69) is 39.5 Å². The Morgan fingerprint density at radius 2 is 1.65 bits per heavy atom. The molecule has 0 radical (unpaired) electrons. The largest absolute Gasteiger partial charge is 0.450 e. The molecule has 0 saturated carbocycles. The number of hydrogen-bond acceptors (Lipinski definition) is 7. The topological polar surface area (TPSA) is 98.3 Å². The van der Waals surface area contributed by atoms with Crippen LogP contribution in [0.15, 0.2) is 41.8 Å². The van der Waals surface area contributed by atoms with Gasteiger partial charge in [0.1, 0.15) is 0 Å². The number of nitrogens with zero attached hydrogens (tertiary/aromatic N) is 5. The standard InChI is InChI=1S/C26H34N6O4S/c1-2-36-26(35)32-17-15-31(16-18-32)25(34)28-24-27-22(20-37-24)19-23(33)30-13-11-29(12-14-30)10-6-9-21-7-4-3-5-8-21/h3-9,20H,2,10-19H2,1H3,(H,27,28,34)/b9-6+.